The van der Waals surface area contributed by atoms with Crippen LogP contribution < -0.4 is 5.32 Å². The second-order valence-corrected chi connectivity index (χ2v) is 8.43. The van der Waals surface area contributed by atoms with Gasteiger partial charge in [0.2, 0.25) is 5.91 Å². The summed E-state index contributed by atoms with van der Waals surface area (Å²) in [5, 5.41) is 3.67. The average molecular weight is 355 g/mol. The minimum atomic E-state index is -0.214. The van der Waals surface area contributed by atoms with Gasteiger partial charge in [-0.15, -0.1) is 0 Å². The SMILES string of the molecule is O=C1C[C@H](NC2CSCCSC2)CN1CCc1ccc(F)cc1. The van der Waals surface area contributed by atoms with Gasteiger partial charge in [0.05, 0.1) is 0 Å². The predicted molar refractivity (Wildman–Crippen MR) is 96.7 cm³/mol. The van der Waals surface area contributed by atoms with Crippen LogP contribution in [0, 0.1) is 5.82 Å². The Balaban J connectivity index is 1.46. The van der Waals surface area contributed by atoms with E-state index < -0.39 is 0 Å². The molecular formula is C17H23FN2OS2. The van der Waals surface area contributed by atoms with Crippen molar-refractivity contribution in [3.63, 3.8) is 0 Å². The first-order valence-electron chi connectivity index (χ1n) is 8.14. The van der Waals surface area contributed by atoms with E-state index in [1.807, 2.05) is 28.4 Å². The molecule has 0 bridgehead atoms. The van der Waals surface area contributed by atoms with Gasteiger partial charge in [-0.05, 0) is 24.1 Å². The minimum absolute atomic E-state index is 0.214. The summed E-state index contributed by atoms with van der Waals surface area (Å²) in [6, 6.07) is 7.35. The fraction of sp³-hybridized carbons (Fsp3) is 0.588. The second-order valence-electron chi connectivity index (χ2n) is 6.13. The summed E-state index contributed by atoms with van der Waals surface area (Å²) in [5.41, 5.74) is 1.08. The standard InChI is InChI=1S/C17H23FN2OS2/c18-14-3-1-13(2-4-14)5-6-20-10-15(9-17(20)21)19-16-11-22-7-8-23-12-16/h1-4,15-16,19H,5-12H2/t15-/m0/s1. The summed E-state index contributed by atoms with van der Waals surface area (Å²) in [6.07, 6.45) is 1.39. The van der Waals surface area contributed by atoms with E-state index in [-0.39, 0.29) is 17.8 Å². The number of amides is 1. The van der Waals surface area contributed by atoms with Crippen molar-refractivity contribution in [3.05, 3.63) is 35.6 Å². The summed E-state index contributed by atoms with van der Waals surface area (Å²) < 4.78 is 12.9. The van der Waals surface area contributed by atoms with Crippen molar-refractivity contribution in [3.8, 4) is 0 Å². The lowest BCUT2D eigenvalue weighted by molar-refractivity contribution is -0.127. The first-order chi connectivity index (χ1) is 11.2. The molecule has 2 heterocycles. The number of nitrogens with zero attached hydrogens (tertiary/aromatic N) is 1. The Morgan fingerprint density at radius 1 is 1.13 bits per heavy atom. The first-order valence-corrected chi connectivity index (χ1v) is 10.5. The van der Waals surface area contributed by atoms with Crippen molar-refractivity contribution in [1.29, 1.82) is 0 Å². The van der Waals surface area contributed by atoms with Crippen LogP contribution in [0.1, 0.15) is 12.0 Å². The molecule has 0 aromatic heterocycles. The number of hydrogen-bond acceptors (Lipinski definition) is 4. The highest BCUT2D eigenvalue weighted by molar-refractivity contribution is 8.03. The molecule has 6 heteroatoms. The molecule has 126 valence electrons. The number of carbonyl (C=O) groups is 1. The number of rotatable bonds is 5. The van der Waals surface area contributed by atoms with Gasteiger partial charge in [-0.1, -0.05) is 12.1 Å². The van der Waals surface area contributed by atoms with E-state index in [9.17, 15) is 9.18 Å². The van der Waals surface area contributed by atoms with Crippen LogP contribution in [0.4, 0.5) is 4.39 Å². The second kappa shape index (κ2) is 8.40. The van der Waals surface area contributed by atoms with Crippen LogP contribution in [0.25, 0.3) is 0 Å². The lowest BCUT2D eigenvalue weighted by atomic mass is 10.1. The quantitative estimate of drug-likeness (QED) is 0.880. The van der Waals surface area contributed by atoms with E-state index in [2.05, 4.69) is 5.32 Å². The molecule has 2 aliphatic heterocycles. The average Bonchev–Trinajstić information content (AvgIpc) is 2.74. The minimum Gasteiger partial charge on any atom is -0.341 e. The van der Waals surface area contributed by atoms with Crippen LogP contribution in [0.3, 0.4) is 0 Å². The molecule has 0 spiro atoms. The Morgan fingerprint density at radius 3 is 2.52 bits per heavy atom. The topological polar surface area (TPSA) is 32.3 Å². The largest absolute Gasteiger partial charge is 0.341 e. The van der Waals surface area contributed by atoms with Gasteiger partial charge in [0.25, 0.3) is 0 Å². The molecule has 23 heavy (non-hydrogen) atoms. The smallest absolute Gasteiger partial charge is 0.224 e. The van der Waals surface area contributed by atoms with E-state index in [1.54, 1.807) is 12.1 Å². The van der Waals surface area contributed by atoms with Crippen molar-refractivity contribution in [2.24, 2.45) is 0 Å². The number of halogens is 1. The third-order valence-corrected chi connectivity index (χ3v) is 6.80. The van der Waals surface area contributed by atoms with Crippen molar-refractivity contribution in [2.45, 2.75) is 24.9 Å². The zero-order valence-electron chi connectivity index (χ0n) is 13.2. The van der Waals surface area contributed by atoms with Crippen LogP contribution in [-0.2, 0) is 11.2 Å². The van der Waals surface area contributed by atoms with Crippen LogP contribution in [0.2, 0.25) is 0 Å². The van der Waals surface area contributed by atoms with Crippen molar-refractivity contribution in [1.82, 2.24) is 10.2 Å². The Kier molecular flexibility index (Phi) is 6.25. The summed E-state index contributed by atoms with van der Waals surface area (Å²) in [6.45, 7) is 1.52. The Bertz CT molecular complexity index is 518. The molecule has 2 aliphatic rings. The summed E-state index contributed by atoms with van der Waals surface area (Å²) >= 11 is 4.01. The maximum atomic E-state index is 12.9. The van der Waals surface area contributed by atoms with Crippen molar-refractivity contribution >= 4 is 29.4 Å². The van der Waals surface area contributed by atoms with E-state index in [0.29, 0.717) is 12.5 Å². The summed E-state index contributed by atoms with van der Waals surface area (Å²) in [5.74, 6) is 4.78. The van der Waals surface area contributed by atoms with E-state index in [0.717, 1.165) is 36.6 Å². The summed E-state index contributed by atoms with van der Waals surface area (Å²) in [4.78, 5) is 14.1. The maximum absolute atomic E-state index is 12.9. The number of nitrogens with one attached hydrogen (secondary N) is 1. The number of likely N-dealkylation sites (tertiary alicyclic amines) is 1. The Labute approximate surface area is 145 Å². The van der Waals surface area contributed by atoms with Gasteiger partial charge in [-0.2, -0.15) is 23.5 Å². The lowest BCUT2D eigenvalue weighted by Crippen LogP contribution is -2.42. The molecule has 2 saturated heterocycles. The highest BCUT2D eigenvalue weighted by Crippen LogP contribution is 2.19. The number of hydrogen-bond donors (Lipinski definition) is 1. The molecule has 1 N–H and O–H groups in total. The number of benzene rings is 1. The monoisotopic (exact) mass is 354 g/mol. The molecule has 1 aromatic carbocycles. The molecule has 0 aliphatic carbocycles. The highest BCUT2D eigenvalue weighted by Gasteiger charge is 2.30. The predicted octanol–water partition coefficient (Wildman–Crippen LogP) is 2.41. The Morgan fingerprint density at radius 2 is 1.83 bits per heavy atom. The molecular weight excluding hydrogens is 331 g/mol. The van der Waals surface area contributed by atoms with Crippen LogP contribution >= 0.6 is 23.5 Å². The third kappa shape index (κ3) is 5.13. The first kappa shape index (κ1) is 17.1. The normalized spacial score (nSPS) is 23.3. The van der Waals surface area contributed by atoms with Gasteiger partial charge < -0.3 is 10.2 Å². The lowest BCUT2D eigenvalue weighted by Gasteiger charge is -2.21. The van der Waals surface area contributed by atoms with Gasteiger partial charge in [0.1, 0.15) is 5.82 Å². The van der Waals surface area contributed by atoms with Gasteiger partial charge in [-0.25, -0.2) is 4.39 Å². The van der Waals surface area contributed by atoms with Gasteiger partial charge in [0, 0.05) is 54.6 Å². The highest BCUT2D eigenvalue weighted by atomic mass is 32.2. The maximum Gasteiger partial charge on any atom is 0.224 e. The van der Waals surface area contributed by atoms with Gasteiger partial charge in [-0.3, -0.25) is 4.79 Å². The molecule has 0 unspecified atom stereocenters. The number of thioether (sulfide) groups is 2. The molecule has 3 nitrogen and oxygen atoms in total. The van der Waals surface area contributed by atoms with E-state index >= 15 is 0 Å². The molecule has 1 atom stereocenters. The fourth-order valence-corrected chi connectivity index (χ4v) is 5.48. The molecule has 0 radical (unpaired) electrons. The molecule has 0 saturated carbocycles. The molecule has 1 amide bonds. The van der Waals surface area contributed by atoms with Crippen LogP contribution in [0.15, 0.2) is 24.3 Å². The van der Waals surface area contributed by atoms with E-state index in [4.69, 9.17) is 0 Å². The van der Waals surface area contributed by atoms with Crippen LogP contribution in [-0.4, -0.2) is 59.0 Å². The summed E-state index contributed by atoms with van der Waals surface area (Å²) in [7, 11) is 0. The van der Waals surface area contributed by atoms with Crippen molar-refractivity contribution < 1.29 is 9.18 Å². The van der Waals surface area contributed by atoms with Gasteiger partial charge >= 0.3 is 0 Å². The fourth-order valence-electron chi connectivity index (χ4n) is 3.06. The third-order valence-electron chi connectivity index (χ3n) is 4.28. The zero-order chi connectivity index (χ0) is 16.1. The van der Waals surface area contributed by atoms with Crippen LogP contribution in [0.5, 0.6) is 0 Å². The van der Waals surface area contributed by atoms with Crippen molar-refractivity contribution in [2.75, 3.05) is 36.1 Å². The molecule has 2 fully saturated rings. The molecule has 3 rings (SSSR count). The molecule has 1 aromatic rings. The zero-order valence-corrected chi connectivity index (χ0v) is 14.8. The van der Waals surface area contributed by atoms with Gasteiger partial charge in [0.15, 0.2) is 0 Å². The Hall–Kier alpha value is -0.720. The van der Waals surface area contributed by atoms with E-state index in [1.165, 1.54) is 23.6 Å². The number of carbonyl (C=O) groups excluding carboxylic acids is 1.